The highest BCUT2D eigenvalue weighted by molar-refractivity contribution is 6.12. The van der Waals surface area contributed by atoms with Gasteiger partial charge in [0.05, 0.1) is 21.9 Å². The lowest BCUT2D eigenvalue weighted by Gasteiger charge is -2.34. The molecule has 0 fully saturated rings. The lowest BCUT2D eigenvalue weighted by molar-refractivity contribution is 0.660. The third-order valence-corrected chi connectivity index (χ3v) is 20.6. The summed E-state index contributed by atoms with van der Waals surface area (Å²) in [4.78, 5) is 2.45. The molecular weight excluding hydrogens is 1100 g/mol. The van der Waals surface area contributed by atoms with E-state index < -0.39 is 10.8 Å². The Labute approximate surface area is 531 Å². The third kappa shape index (κ3) is 7.73. The largest absolute Gasteiger partial charge is 0.310 e. The molecule has 0 amide bonds. The molecule has 3 aliphatic rings. The maximum Gasteiger partial charge on any atom is 0.0713 e. The van der Waals surface area contributed by atoms with E-state index in [4.69, 9.17) is 0 Å². The van der Waals surface area contributed by atoms with Crippen LogP contribution >= 0.6 is 0 Å². The van der Waals surface area contributed by atoms with Crippen LogP contribution < -0.4 is 4.90 Å². The van der Waals surface area contributed by atoms with E-state index in [0.717, 1.165) is 28.3 Å². The Hall–Kier alpha value is -11.3. The summed E-state index contributed by atoms with van der Waals surface area (Å²) in [5.74, 6) is 0. The molecule has 91 heavy (non-hydrogen) atoms. The lowest BCUT2D eigenvalue weighted by atomic mass is 9.67. The molecule has 0 saturated heterocycles. The summed E-state index contributed by atoms with van der Waals surface area (Å²) in [7, 11) is 0. The molecule has 14 aromatic carbocycles. The number of nitrogens with zero attached hydrogens (tertiary/aromatic N) is 2. The number of anilines is 3. The Kier molecular flexibility index (Phi) is 11.8. The van der Waals surface area contributed by atoms with E-state index in [9.17, 15) is 0 Å². The van der Waals surface area contributed by atoms with Crippen LogP contribution in [-0.2, 0) is 16.2 Å². The van der Waals surface area contributed by atoms with Crippen molar-refractivity contribution < 1.29 is 0 Å². The van der Waals surface area contributed by atoms with Gasteiger partial charge in [0.1, 0.15) is 0 Å². The van der Waals surface area contributed by atoms with E-state index >= 15 is 0 Å². The summed E-state index contributed by atoms with van der Waals surface area (Å²) >= 11 is 0. The molecule has 0 unspecified atom stereocenters. The molecule has 0 spiro atoms. The minimum atomic E-state index is -0.492. The van der Waals surface area contributed by atoms with Gasteiger partial charge >= 0.3 is 0 Å². The van der Waals surface area contributed by atoms with Gasteiger partial charge in [0.2, 0.25) is 0 Å². The molecule has 0 bridgehead atoms. The molecule has 0 saturated carbocycles. The fourth-order valence-corrected chi connectivity index (χ4v) is 16.5. The molecule has 15 aromatic rings. The Morgan fingerprint density at radius 1 is 0.242 bits per heavy atom. The van der Waals surface area contributed by atoms with Gasteiger partial charge in [-0.2, -0.15) is 0 Å². The minimum absolute atomic E-state index is 0.164. The van der Waals surface area contributed by atoms with Gasteiger partial charge in [-0.05, 0) is 184 Å². The second kappa shape index (κ2) is 20.4. The van der Waals surface area contributed by atoms with Gasteiger partial charge in [0.15, 0.2) is 0 Å². The molecule has 428 valence electrons. The highest BCUT2D eigenvalue weighted by atomic mass is 15.1. The van der Waals surface area contributed by atoms with Crippen molar-refractivity contribution in [1.82, 2.24) is 4.57 Å². The van der Waals surface area contributed by atoms with Gasteiger partial charge in [-0.1, -0.05) is 281 Å². The van der Waals surface area contributed by atoms with E-state index in [1.54, 1.807) is 0 Å². The highest BCUT2D eigenvalue weighted by Crippen LogP contribution is 2.59. The smallest absolute Gasteiger partial charge is 0.0713 e. The summed E-state index contributed by atoms with van der Waals surface area (Å²) in [5, 5.41) is 2.43. The average molecular weight is 1160 g/mol. The summed E-state index contributed by atoms with van der Waals surface area (Å²) in [6.45, 7) is 4.75. The lowest BCUT2D eigenvalue weighted by Crippen LogP contribution is -2.28. The molecule has 18 rings (SSSR count). The second-order valence-electron chi connectivity index (χ2n) is 25.5. The second-order valence-corrected chi connectivity index (χ2v) is 25.5. The molecule has 0 N–H and O–H groups in total. The zero-order valence-corrected chi connectivity index (χ0v) is 50.7. The van der Waals surface area contributed by atoms with Gasteiger partial charge in [-0.25, -0.2) is 0 Å². The standard InChI is InChI=1S/C89H62N2/c1-87(2)79-33-17-12-28-71(79)76-53-52-70(58-84(76)87)90(69-50-46-66(47-51-69)89(64-24-8-4-9-25-64)82-36-20-15-31-74(82)75-32-16-21-37-83(75)89)68-48-40-60(41-49-68)62-43-55-86-78(57-62)77-56-61(42-54-85(77)91(86)67-26-10-5-11-27-67)59-38-44-65(45-39-59)88(63-22-6-3-7-23-63)80-34-18-13-29-72(80)73-30-14-19-35-81(73)88/h3-58H,1-2H3. The maximum absolute atomic E-state index is 2.45. The van der Waals surface area contributed by atoms with E-state index in [1.807, 2.05) is 0 Å². The molecule has 0 aliphatic heterocycles. The Balaban J connectivity index is 0.748. The number of aromatic nitrogens is 1. The predicted molar refractivity (Wildman–Crippen MR) is 379 cm³/mol. The quantitative estimate of drug-likeness (QED) is 0.132. The van der Waals surface area contributed by atoms with E-state index in [2.05, 4.69) is 363 Å². The van der Waals surface area contributed by atoms with Crippen LogP contribution in [0.5, 0.6) is 0 Å². The molecule has 1 aromatic heterocycles. The molecule has 1 heterocycles. The first kappa shape index (κ1) is 52.8. The number of hydrogen-bond acceptors (Lipinski definition) is 1. The van der Waals surface area contributed by atoms with Crippen molar-refractivity contribution in [3.8, 4) is 61.3 Å². The normalized spacial score (nSPS) is 14.1. The number of benzene rings is 14. The summed E-state index contributed by atoms with van der Waals surface area (Å²) < 4.78 is 2.43. The maximum atomic E-state index is 2.45. The van der Waals surface area contributed by atoms with Crippen LogP contribution in [0, 0.1) is 0 Å². The van der Waals surface area contributed by atoms with Gasteiger partial charge in [-0.3, -0.25) is 0 Å². The van der Waals surface area contributed by atoms with Gasteiger partial charge in [0, 0.05) is 38.9 Å². The number of fused-ring (bicyclic) bond motifs is 12. The van der Waals surface area contributed by atoms with Crippen LogP contribution in [0.1, 0.15) is 69.5 Å². The van der Waals surface area contributed by atoms with Crippen molar-refractivity contribution in [2.45, 2.75) is 30.1 Å². The van der Waals surface area contributed by atoms with Crippen LogP contribution in [0.2, 0.25) is 0 Å². The highest BCUT2D eigenvalue weighted by Gasteiger charge is 2.47. The topological polar surface area (TPSA) is 8.17 Å². The van der Waals surface area contributed by atoms with Crippen LogP contribution in [0.4, 0.5) is 17.1 Å². The predicted octanol–water partition coefficient (Wildman–Crippen LogP) is 22.6. The summed E-state index contributed by atoms with van der Waals surface area (Å²) in [5.41, 5.74) is 31.2. The molecule has 0 atom stereocenters. The monoisotopic (exact) mass is 1160 g/mol. The van der Waals surface area contributed by atoms with Crippen molar-refractivity contribution in [1.29, 1.82) is 0 Å². The van der Waals surface area contributed by atoms with Crippen molar-refractivity contribution in [2.75, 3.05) is 4.90 Å². The first-order chi connectivity index (χ1) is 44.9. The van der Waals surface area contributed by atoms with Crippen molar-refractivity contribution in [2.24, 2.45) is 0 Å². The summed E-state index contributed by atoms with van der Waals surface area (Å²) in [6.07, 6.45) is 0. The number of rotatable bonds is 10. The zero-order valence-electron chi connectivity index (χ0n) is 50.7. The first-order valence-electron chi connectivity index (χ1n) is 31.9. The van der Waals surface area contributed by atoms with Crippen molar-refractivity contribution in [3.63, 3.8) is 0 Å². The Morgan fingerprint density at radius 3 is 1.01 bits per heavy atom. The molecule has 3 aliphatic carbocycles. The van der Waals surface area contributed by atoms with Crippen LogP contribution in [0.25, 0.3) is 83.1 Å². The Bertz CT molecular complexity index is 5250. The van der Waals surface area contributed by atoms with Crippen LogP contribution in [0.15, 0.2) is 340 Å². The van der Waals surface area contributed by atoms with Gasteiger partial charge in [-0.15, -0.1) is 0 Å². The molecular formula is C89H62N2. The minimum Gasteiger partial charge on any atom is -0.310 e. The first-order valence-corrected chi connectivity index (χ1v) is 31.9. The fraction of sp³-hybridized carbons (Fsp3) is 0.0562. The Morgan fingerprint density at radius 2 is 0.560 bits per heavy atom. The SMILES string of the molecule is CC1(C)c2ccccc2-c2ccc(N(c3ccc(-c4ccc5c(c4)c4cc(-c6ccc(C7(c8ccccc8)c8ccccc8-c8ccccc87)cc6)ccc4n5-c4ccccc4)cc3)c3ccc(C4(c5ccccc5)c5ccccc5-c5ccccc54)cc3)cc21. The fourth-order valence-electron chi connectivity index (χ4n) is 16.5. The molecule has 0 radical (unpaired) electrons. The van der Waals surface area contributed by atoms with Gasteiger partial charge < -0.3 is 9.47 Å². The van der Waals surface area contributed by atoms with Crippen LogP contribution in [0.3, 0.4) is 0 Å². The van der Waals surface area contributed by atoms with E-state index in [-0.39, 0.29) is 5.41 Å². The third-order valence-electron chi connectivity index (χ3n) is 20.6. The van der Waals surface area contributed by atoms with Gasteiger partial charge in [0.25, 0.3) is 0 Å². The van der Waals surface area contributed by atoms with E-state index in [0.29, 0.717) is 0 Å². The van der Waals surface area contributed by atoms with E-state index in [1.165, 1.54) is 128 Å². The molecule has 2 heteroatoms. The number of hydrogen-bond donors (Lipinski definition) is 0. The zero-order chi connectivity index (χ0) is 60.4. The van der Waals surface area contributed by atoms with Crippen molar-refractivity contribution in [3.05, 3.63) is 395 Å². The summed E-state index contributed by atoms with van der Waals surface area (Å²) in [6, 6.07) is 127. The van der Waals surface area contributed by atoms with Crippen LogP contribution in [-0.4, -0.2) is 4.57 Å². The van der Waals surface area contributed by atoms with Crippen molar-refractivity contribution >= 4 is 38.9 Å². The number of para-hydroxylation sites is 1. The molecule has 2 nitrogen and oxygen atoms in total. The average Bonchev–Trinajstić information content (AvgIpc) is 1.57.